The second-order valence-corrected chi connectivity index (χ2v) is 6.48. The van der Waals surface area contributed by atoms with E-state index in [0.717, 1.165) is 17.7 Å². The molecule has 0 aromatic carbocycles. The Morgan fingerprint density at radius 2 is 2.08 bits per heavy atom. The monoisotopic (exact) mass is 346 g/mol. The van der Waals surface area contributed by atoms with Crippen LogP contribution in [0.3, 0.4) is 0 Å². The predicted octanol–water partition coefficient (Wildman–Crippen LogP) is 2.59. The number of nitrogens with zero attached hydrogens (tertiary/aromatic N) is 3. The van der Waals surface area contributed by atoms with Gasteiger partial charge in [0.05, 0.1) is 6.54 Å². The van der Waals surface area contributed by atoms with Gasteiger partial charge in [0.25, 0.3) is 5.91 Å². The first-order valence-corrected chi connectivity index (χ1v) is 8.38. The van der Waals surface area contributed by atoms with Crippen molar-refractivity contribution in [3.05, 3.63) is 34.9 Å². The predicted molar refractivity (Wildman–Crippen MR) is 87.5 cm³/mol. The van der Waals surface area contributed by atoms with Crippen molar-refractivity contribution in [2.45, 2.75) is 59.0 Å². The van der Waals surface area contributed by atoms with Crippen molar-refractivity contribution in [3.8, 4) is 0 Å². The molecule has 0 radical (unpaired) electrons. The van der Waals surface area contributed by atoms with Crippen LogP contribution < -0.4 is 5.32 Å². The molecule has 1 N–H and O–H groups in total. The van der Waals surface area contributed by atoms with Gasteiger partial charge in [0.2, 0.25) is 5.89 Å². The molecule has 25 heavy (non-hydrogen) atoms. The Kier molecular flexibility index (Phi) is 4.36. The molecule has 1 fully saturated rings. The number of furan rings is 1. The number of amides is 3. The fourth-order valence-corrected chi connectivity index (χ4v) is 3.08. The zero-order valence-corrected chi connectivity index (χ0v) is 14.9. The van der Waals surface area contributed by atoms with Gasteiger partial charge < -0.3 is 14.3 Å². The zero-order valence-electron chi connectivity index (χ0n) is 14.9. The number of aromatic nitrogens is 2. The van der Waals surface area contributed by atoms with E-state index in [2.05, 4.69) is 22.4 Å². The number of urea groups is 1. The van der Waals surface area contributed by atoms with E-state index < -0.39 is 11.6 Å². The van der Waals surface area contributed by atoms with Crippen molar-refractivity contribution in [2.75, 3.05) is 0 Å². The zero-order chi connectivity index (χ0) is 18.2. The molecule has 1 atom stereocenters. The summed E-state index contributed by atoms with van der Waals surface area (Å²) >= 11 is 0. The first-order valence-electron chi connectivity index (χ1n) is 8.38. The van der Waals surface area contributed by atoms with Gasteiger partial charge in [-0.15, -0.1) is 0 Å². The van der Waals surface area contributed by atoms with Crippen LogP contribution in [0.15, 0.2) is 15.0 Å². The summed E-state index contributed by atoms with van der Waals surface area (Å²) in [6, 6.07) is 1.29. The fraction of sp³-hybridized carbons (Fsp3) is 0.529. The molecule has 134 valence electrons. The molecule has 3 rings (SSSR count). The van der Waals surface area contributed by atoms with Crippen LogP contribution in [0.25, 0.3) is 0 Å². The molecule has 2 aromatic rings. The molecule has 0 bridgehead atoms. The minimum Gasteiger partial charge on any atom is -0.466 e. The number of imide groups is 1. The van der Waals surface area contributed by atoms with Gasteiger partial charge in [0.1, 0.15) is 17.1 Å². The van der Waals surface area contributed by atoms with Crippen molar-refractivity contribution in [3.63, 3.8) is 0 Å². The van der Waals surface area contributed by atoms with E-state index in [9.17, 15) is 9.59 Å². The van der Waals surface area contributed by atoms with Crippen molar-refractivity contribution < 1.29 is 18.5 Å². The Labute approximate surface area is 145 Å². The highest BCUT2D eigenvalue weighted by molar-refractivity contribution is 6.07. The van der Waals surface area contributed by atoms with Gasteiger partial charge >= 0.3 is 6.03 Å². The summed E-state index contributed by atoms with van der Waals surface area (Å²) in [5.41, 5.74) is -0.504. The Hall–Kier alpha value is -2.64. The van der Waals surface area contributed by atoms with Gasteiger partial charge in [-0.2, -0.15) is 4.98 Å². The summed E-state index contributed by atoms with van der Waals surface area (Å²) in [7, 11) is 0. The normalized spacial score (nSPS) is 20.4. The van der Waals surface area contributed by atoms with E-state index in [4.69, 9.17) is 8.94 Å². The first kappa shape index (κ1) is 17.2. The van der Waals surface area contributed by atoms with E-state index in [1.807, 2.05) is 0 Å². The molecule has 0 saturated carbocycles. The number of aryl methyl sites for hydroxylation is 3. The van der Waals surface area contributed by atoms with Crippen LogP contribution in [-0.2, 0) is 23.3 Å². The second kappa shape index (κ2) is 6.34. The maximum Gasteiger partial charge on any atom is 0.325 e. The molecule has 0 unspecified atom stereocenters. The number of unbranched alkanes of at least 4 members (excludes halogenated alkanes) is 1. The highest BCUT2D eigenvalue weighted by Crippen LogP contribution is 2.33. The second-order valence-electron chi connectivity index (χ2n) is 6.48. The molecule has 0 spiro atoms. The van der Waals surface area contributed by atoms with Crippen LogP contribution in [0.4, 0.5) is 4.79 Å². The minimum absolute atomic E-state index is 0.0221. The molecular weight excluding hydrogens is 324 g/mol. The first-order chi connectivity index (χ1) is 11.8. The average molecular weight is 346 g/mol. The van der Waals surface area contributed by atoms with Gasteiger partial charge in [0.15, 0.2) is 5.82 Å². The van der Waals surface area contributed by atoms with E-state index in [1.165, 1.54) is 0 Å². The molecule has 1 saturated heterocycles. The summed E-state index contributed by atoms with van der Waals surface area (Å²) < 4.78 is 10.7. The fourth-order valence-electron chi connectivity index (χ4n) is 3.08. The summed E-state index contributed by atoms with van der Waals surface area (Å²) in [5, 5.41) is 6.62. The number of rotatable bonds is 6. The highest BCUT2D eigenvalue weighted by Gasteiger charge is 2.50. The van der Waals surface area contributed by atoms with Gasteiger partial charge in [-0.05, 0) is 33.3 Å². The van der Waals surface area contributed by atoms with Crippen LogP contribution in [0.2, 0.25) is 0 Å². The third-order valence-corrected chi connectivity index (χ3v) is 4.41. The Morgan fingerprint density at radius 3 is 2.72 bits per heavy atom. The SMILES string of the molecule is CCCCc1nc(CN2C(=O)N[C@@](C)(c3cc(C)oc3C)C2=O)no1. The lowest BCUT2D eigenvalue weighted by molar-refractivity contribution is -0.131. The maximum absolute atomic E-state index is 12.9. The van der Waals surface area contributed by atoms with Crippen LogP contribution >= 0.6 is 0 Å². The van der Waals surface area contributed by atoms with E-state index in [1.54, 1.807) is 26.8 Å². The van der Waals surface area contributed by atoms with Crippen molar-refractivity contribution in [1.29, 1.82) is 0 Å². The molecule has 1 aliphatic heterocycles. The van der Waals surface area contributed by atoms with Gasteiger partial charge in [-0.1, -0.05) is 18.5 Å². The lowest BCUT2D eigenvalue weighted by Gasteiger charge is -2.20. The number of carbonyl (C=O) groups excluding carboxylic acids is 2. The van der Waals surface area contributed by atoms with Crippen molar-refractivity contribution in [1.82, 2.24) is 20.4 Å². The van der Waals surface area contributed by atoms with Gasteiger partial charge in [-0.25, -0.2) is 4.79 Å². The Balaban J connectivity index is 1.79. The molecule has 1 aliphatic rings. The van der Waals surface area contributed by atoms with Crippen LogP contribution in [0.5, 0.6) is 0 Å². The highest BCUT2D eigenvalue weighted by atomic mass is 16.5. The minimum atomic E-state index is -1.16. The third-order valence-electron chi connectivity index (χ3n) is 4.41. The quantitative estimate of drug-likeness (QED) is 0.807. The molecule has 8 heteroatoms. The largest absolute Gasteiger partial charge is 0.466 e. The van der Waals surface area contributed by atoms with Crippen LogP contribution in [-0.4, -0.2) is 27.0 Å². The smallest absolute Gasteiger partial charge is 0.325 e. The number of hydrogen-bond acceptors (Lipinski definition) is 6. The summed E-state index contributed by atoms with van der Waals surface area (Å²) in [6.07, 6.45) is 2.66. The standard InChI is InChI=1S/C17H22N4O4/c1-5-6-7-14-18-13(20-25-14)9-21-15(22)17(4,19-16(21)23)12-8-10(2)24-11(12)3/h8H,5-7,9H2,1-4H3,(H,19,23)/t17-/m0/s1. The average Bonchev–Trinajstić information content (AvgIpc) is 3.20. The number of hydrogen-bond donors (Lipinski definition) is 1. The Morgan fingerprint density at radius 1 is 1.32 bits per heavy atom. The lowest BCUT2D eigenvalue weighted by atomic mass is 9.92. The van der Waals surface area contributed by atoms with Crippen LogP contribution in [0.1, 0.15) is 55.5 Å². The summed E-state index contributed by atoms with van der Waals surface area (Å²) in [6.45, 7) is 7.30. The van der Waals surface area contributed by atoms with E-state index >= 15 is 0 Å². The van der Waals surface area contributed by atoms with E-state index in [-0.39, 0.29) is 12.5 Å². The molecular formula is C17H22N4O4. The number of nitrogens with one attached hydrogen (secondary N) is 1. The molecule has 2 aromatic heterocycles. The Bertz CT molecular complexity index is 809. The van der Waals surface area contributed by atoms with Crippen molar-refractivity contribution >= 4 is 11.9 Å². The molecule has 3 heterocycles. The topological polar surface area (TPSA) is 101 Å². The molecule has 0 aliphatic carbocycles. The van der Waals surface area contributed by atoms with Gasteiger partial charge in [-0.3, -0.25) is 9.69 Å². The lowest BCUT2D eigenvalue weighted by Crippen LogP contribution is -2.41. The maximum atomic E-state index is 12.9. The summed E-state index contributed by atoms with van der Waals surface area (Å²) in [5.74, 6) is 1.78. The summed E-state index contributed by atoms with van der Waals surface area (Å²) in [4.78, 5) is 30.6. The molecule has 8 nitrogen and oxygen atoms in total. The van der Waals surface area contributed by atoms with Crippen LogP contribution in [0, 0.1) is 13.8 Å². The molecule has 3 amide bonds. The number of carbonyl (C=O) groups is 2. The third kappa shape index (κ3) is 3.04. The van der Waals surface area contributed by atoms with Gasteiger partial charge in [0, 0.05) is 12.0 Å². The van der Waals surface area contributed by atoms with Crippen molar-refractivity contribution in [2.24, 2.45) is 0 Å². The van der Waals surface area contributed by atoms with E-state index in [0.29, 0.717) is 35.2 Å².